The maximum Gasteiger partial charge on any atom is 0.127 e. The molecular weight excluding hydrogens is 191 g/mol. The summed E-state index contributed by atoms with van der Waals surface area (Å²) in [6.07, 6.45) is 2.65. The van der Waals surface area contributed by atoms with Crippen LogP contribution >= 0.6 is 0 Å². The smallest absolute Gasteiger partial charge is 0.127 e. The highest BCUT2D eigenvalue weighted by Crippen LogP contribution is 2.09. The van der Waals surface area contributed by atoms with Crippen LogP contribution in [0.25, 0.3) is 0 Å². The van der Waals surface area contributed by atoms with Gasteiger partial charge < -0.3 is 5.32 Å². The van der Waals surface area contributed by atoms with E-state index in [2.05, 4.69) is 11.9 Å². The summed E-state index contributed by atoms with van der Waals surface area (Å²) in [5.74, 6) is -0.278. The molecule has 0 aliphatic heterocycles. The molecule has 0 spiro atoms. The monoisotopic (exact) mass is 204 g/mol. The molecule has 3 heteroatoms. The average Bonchev–Trinajstić information content (AvgIpc) is 2.26. The number of hydrogen-bond donors (Lipinski definition) is 1. The van der Waals surface area contributed by atoms with Crippen LogP contribution in [-0.2, 0) is 6.54 Å². The van der Waals surface area contributed by atoms with Crippen LogP contribution in [0, 0.1) is 17.1 Å². The Kier molecular flexibility index (Phi) is 4.52. The highest BCUT2D eigenvalue weighted by molar-refractivity contribution is 5.33. The second kappa shape index (κ2) is 5.94. The first-order valence-corrected chi connectivity index (χ1v) is 4.78. The van der Waals surface area contributed by atoms with Crippen molar-refractivity contribution in [3.63, 3.8) is 0 Å². The van der Waals surface area contributed by atoms with Crippen molar-refractivity contribution < 1.29 is 4.39 Å². The largest absolute Gasteiger partial charge is 0.312 e. The number of benzene rings is 1. The maximum atomic E-state index is 13.2. The number of hydrogen-bond acceptors (Lipinski definition) is 2. The first-order valence-electron chi connectivity index (χ1n) is 4.78. The zero-order valence-corrected chi connectivity index (χ0v) is 8.46. The third-order valence-electron chi connectivity index (χ3n) is 2.02. The van der Waals surface area contributed by atoms with E-state index in [0.29, 0.717) is 17.7 Å². The SMILES string of the molecule is C=CCCNCc1cc(C#N)ccc1F. The number of nitriles is 1. The molecule has 0 saturated carbocycles. The van der Waals surface area contributed by atoms with Crippen LogP contribution in [-0.4, -0.2) is 6.54 Å². The Balaban J connectivity index is 2.59. The average molecular weight is 204 g/mol. The summed E-state index contributed by atoms with van der Waals surface area (Å²) in [7, 11) is 0. The number of nitrogens with zero attached hydrogens (tertiary/aromatic N) is 1. The van der Waals surface area contributed by atoms with E-state index in [1.807, 2.05) is 6.07 Å². The highest BCUT2D eigenvalue weighted by atomic mass is 19.1. The molecule has 15 heavy (non-hydrogen) atoms. The fourth-order valence-electron chi connectivity index (χ4n) is 1.21. The van der Waals surface area contributed by atoms with Gasteiger partial charge in [-0.25, -0.2) is 4.39 Å². The van der Waals surface area contributed by atoms with Gasteiger partial charge in [-0.15, -0.1) is 6.58 Å². The van der Waals surface area contributed by atoms with Crippen molar-refractivity contribution in [2.45, 2.75) is 13.0 Å². The predicted molar refractivity (Wildman–Crippen MR) is 57.6 cm³/mol. The Morgan fingerprint density at radius 3 is 3.00 bits per heavy atom. The van der Waals surface area contributed by atoms with Gasteiger partial charge >= 0.3 is 0 Å². The molecule has 0 fully saturated rings. The van der Waals surface area contributed by atoms with Crippen molar-refractivity contribution in [2.75, 3.05) is 6.54 Å². The molecule has 0 aliphatic rings. The van der Waals surface area contributed by atoms with Gasteiger partial charge in [-0.3, -0.25) is 0 Å². The third kappa shape index (κ3) is 3.53. The first-order chi connectivity index (χ1) is 7.27. The van der Waals surface area contributed by atoms with Gasteiger partial charge in [0.25, 0.3) is 0 Å². The van der Waals surface area contributed by atoms with Crippen molar-refractivity contribution in [1.29, 1.82) is 5.26 Å². The minimum atomic E-state index is -0.278. The lowest BCUT2D eigenvalue weighted by Gasteiger charge is -2.04. The maximum absolute atomic E-state index is 13.2. The van der Waals surface area contributed by atoms with Crippen LogP contribution in [0.5, 0.6) is 0 Å². The van der Waals surface area contributed by atoms with E-state index in [1.54, 1.807) is 12.1 Å². The van der Waals surface area contributed by atoms with Gasteiger partial charge in [0, 0.05) is 12.1 Å². The molecule has 0 saturated heterocycles. The Morgan fingerprint density at radius 2 is 2.33 bits per heavy atom. The molecule has 0 bridgehead atoms. The van der Waals surface area contributed by atoms with Crippen LogP contribution in [0.2, 0.25) is 0 Å². The Bertz CT molecular complexity index is 380. The molecule has 0 heterocycles. The van der Waals surface area contributed by atoms with E-state index >= 15 is 0 Å². The normalized spacial score (nSPS) is 9.60. The van der Waals surface area contributed by atoms with Crippen LogP contribution in [0.15, 0.2) is 30.9 Å². The lowest BCUT2D eigenvalue weighted by molar-refractivity contribution is 0.589. The van der Waals surface area contributed by atoms with Gasteiger partial charge in [-0.1, -0.05) is 6.08 Å². The van der Waals surface area contributed by atoms with Gasteiger partial charge in [0.2, 0.25) is 0 Å². The van der Waals surface area contributed by atoms with Gasteiger partial charge in [-0.05, 0) is 31.2 Å². The molecule has 0 aliphatic carbocycles. The van der Waals surface area contributed by atoms with Crippen molar-refractivity contribution in [1.82, 2.24) is 5.32 Å². The second-order valence-electron chi connectivity index (χ2n) is 3.17. The van der Waals surface area contributed by atoms with E-state index in [-0.39, 0.29) is 5.82 Å². The van der Waals surface area contributed by atoms with Crippen LogP contribution in [0.1, 0.15) is 17.5 Å². The fourth-order valence-corrected chi connectivity index (χ4v) is 1.21. The van der Waals surface area contributed by atoms with Gasteiger partial charge in [0.05, 0.1) is 11.6 Å². The minimum absolute atomic E-state index is 0.278. The molecule has 0 amide bonds. The molecular formula is C12H13FN2. The van der Waals surface area contributed by atoms with Gasteiger partial charge in [-0.2, -0.15) is 5.26 Å². The van der Waals surface area contributed by atoms with Crippen molar-refractivity contribution in [3.8, 4) is 6.07 Å². The molecule has 1 rings (SSSR count). The Labute approximate surface area is 89.0 Å². The van der Waals surface area contributed by atoms with Crippen molar-refractivity contribution in [3.05, 3.63) is 47.8 Å². The van der Waals surface area contributed by atoms with Crippen LogP contribution in [0.3, 0.4) is 0 Å². The molecule has 0 radical (unpaired) electrons. The molecule has 0 aromatic heterocycles. The van der Waals surface area contributed by atoms with E-state index < -0.39 is 0 Å². The summed E-state index contributed by atoms with van der Waals surface area (Å²) in [5, 5.41) is 11.7. The summed E-state index contributed by atoms with van der Waals surface area (Å²) in [4.78, 5) is 0. The lowest BCUT2D eigenvalue weighted by atomic mass is 10.1. The number of rotatable bonds is 5. The molecule has 1 aromatic carbocycles. The molecule has 0 atom stereocenters. The quantitative estimate of drug-likeness (QED) is 0.590. The fraction of sp³-hybridized carbons (Fsp3) is 0.250. The lowest BCUT2D eigenvalue weighted by Crippen LogP contribution is -2.15. The molecule has 2 nitrogen and oxygen atoms in total. The van der Waals surface area contributed by atoms with Gasteiger partial charge in [0.15, 0.2) is 0 Å². The zero-order chi connectivity index (χ0) is 11.1. The minimum Gasteiger partial charge on any atom is -0.312 e. The number of nitrogens with one attached hydrogen (secondary N) is 1. The molecule has 0 unspecified atom stereocenters. The summed E-state index contributed by atoms with van der Waals surface area (Å²) in [6.45, 7) is 4.80. The van der Waals surface area contributed by atoms with Gasteiger partial charge in [0.1, 0.15) is 5.82 Å². The Morgan fingerprint density at radius 1 is 1.53 bits per heavy atom. The van der Waals surface area contributed by atoms with Crippen molar-refractivity contribution >= 4 is 0 Å². The molecule has 78 valence electrons. The highest BCUT2D eigenvalue weighted by Gasteiger charge is 2.02. The van der Waals surface area contributed by atoms with Crippen molar-refractivity contribution in [2.24, 2.45) is 0 Å². The van der Waals surface area contributed by atoms with E-state index in [1.165, 1.54) is 12.1 Å². The van der Waals surface area contributed by atoms with Crippen LogP contribution in [0.4, 0.5) is 4.39 Å². The topological polar surface area (TPSA) is 35.8 Å². The van der Waals surface area contributed by atoms with E-state index in [9.17, 15) is 4.39 Å². The van der Waals surface area contributed by atoms with Crippen LogP contribution < -0.4 is 5.32 Å². The summed E-state index contributed by atoms with van der Waals surface area (Å²) in [5.41, 5.74) is 1.01. The van der Waals surface area contributed by atoms with E-state index in [4.69, 9.17) is 5.26 Å². The summed E-state index contributed by atoms with van der Waals surface area (Å²) >= 11 is 0. The number of halogens is 1. The molecule has 1 N–H and O–H groups in total. The predicted octanol–water partition coefficient (Wildman–Crippen LogP) is 2.36. The zero-order valence-electron chi connectivity index (χ0n) is 8.46. The Hall–Kier alpha value is -1.66. The third-order valence-corrected chi connectivity index (χ3v) is 2.02. The van der Waals surface area contributed by atoms with E-state index in [0.717, 1.165) is 13.0 Å². The standard InChI is InChI=1S/C12H13FN2/c1-2-3-6-15-9-11-7-10(8-14)4-5-12(11)13/h2,4-5,7,15H,1,3,6,9H2. The summed E-state index contributed by atoms with van der Waals surface area (Å²) in [6, 6.07) is 6.35. The second-order valence-corrected chi connectivity index (χ2v) is 3.17. The summed E-state index contributed by atoms with van der Waals surface area (Å²) < 4.78 is 13.2. The molecule has 1 aromatic rings. The first kappa shape index (κ1) is 11.4.